The van der Waals surface area contributed by atoms with Crippen molar-refractivity contribution in [1.29, 1.82) is 5.52 Å². The summed E-state index contributed by atoms with van der Waals surface area (Å²) in [5.41, 5.74) is 2.92. The van der Waals surface area contributed by atoms with E-state index >= 15 is 0 Å². The second-order valence-corrected chi connectivity index (χ2v) is 4.29. The molecule has 0 heterocycles. The van der Waals surface area contributed by atoms with E-state index in [-0.39, 0.29) is 18.1 Å². The highest BCUT2D eigenvalue weighted by molar-refractivity contribution is 7.94. The van der Waals surface area contributed by atoms with Gasteiger partial charge in [0.15, 0.2) is 12.4 Å². The minimum atomic E-state index is -0.142. The lowest BCUT2D eigenvalue weighted by Gasteiger charge is -2.08. The Labute approximate surface area is 119 Å². The summed E-state index contributed by atoms with van der Waals surface area (Å²) >= 11 is 0.663. The molecule has 0 atom stereocenters. The Hall–Kier alpha value is -2.07. The van der Waals surface area contributed by atoms with Crippen LogP contribution in [0.25, 0.3) is 10.8 Å². The SMILES string of the molecule is [2H]N=NCN=Nc1c(SOOO)cc2ccccc2c1O. The largest absolute Gasteiger partial charge is 0.505 e. The molecule has 2 aromatic carbocycles. The number of hydrogen-bond acceptors (Lipinski definition) is 9. The van der Waals surface area contributed by atoms with E-state index in [4.69, 9.17) is 6.67 Å². The lowest BCUT2D eigenvalue weighted by molar-refractivity contribution is -0.432. The summed E-state index contributed by atoms with van der Waals surface area (Å²) in [6.07, 6.45) is 0. The van der Waals surface area contributed by atoms with Gasteiger partial charge >= 0.3 is 0 Å². The molecular weight excluding hydrogens is 284 g/mol. The number of nitrogens with one attached hydrogen (secondary N) is 1. The molecule has 0 saturated heterocycles. The van der Waals surface area contributed by atoms with Crippen molar-refractivity contribution in [2.45, 2.75) is 4.90 Å². The van der Waals surface area contributed by atoms with Gasteiger partial charge in [-0.1, -0.05) is 29.3 Å². The topological polar surface area (TPSA) is 120 Å². The zero-order valence-electron chi connectivity index (χ0n) is 11.0. The van der Waals surface area contributed by atoms with Gasteiger partial charge in [0.25, 0.3) is 0 Å². The van der Waals surface area contributed by atoms with Crippen LogP contribution in [-0.4, -0.2) is 17.0 Å². The first-order chi connectivity index (χ1) is 10.3. The van der Waals surface area contributed by atoms with Crippen LogP contribution in [0.2, 0.25) is 1.41 Å². The highest BCUT2D eigenvalue weighted by Gasteiger charge is 2.14. The summed E-state index contributed by atoms with van der Waals surface area (Å²) in [7, 11) is 0. The standard InChI is InChI=1S/C11H10N4O4S/c12-13-6-14-15-10-9(20-19-18-17)5-7-3-1-2-4-8(7)11(10)16/h1-5,12,16-17H,6H2/i/hD. The van der Waals surface area contributed by atoms with Crippen molar-refractivity contribution in [2.24, 2.45) is 15.3 Å². The Balaban J connectivity index is 2.47. The summed E-state index contributed by atoms with van der Waals surface area (Å²) in [4.78, 5) is 0.381. The van der Waals surface area contributed by atoms with Crippen molar-refractivity contribution in [1.82, 2.24) is 0 Å². The average Bonchev–Trinajstić information content (AvgIpc) is 2.51. The molecule has 3 N–H and O–H groups in total. The Kier molecular flexibility index (Phi) is 4.47. The number of rotatable bonds is 6. The number of benzene rings is 2. The van der Waals surface area contributed by atoms with Crippen LogP contribution in [0.3, 0.4) is 0 Å². The maximum absolute atomic E-state index is 10.3. The van der Waals surface area contributed by atoms with Crippen LogP contribution in [0, 0.1) is 5.52 Å². The normalized spacial score (nSPS) is 12.6. The molecule has 0 aromatic heterocycles. The maximum atomic E-state index is 10.3. The minimum Gasteiger partial charge on any atom is -0.505 e. The molecule has 8 nitrogen and oxygen atoms in total. The second-order valence-electron chi connectivity index (χ2n) is 3.54. The van der Waals surface area contributed by atoms with Gasteiger partial charge in [-0.3, -0.25) is 0 Å². The molecule has 9 heteroatoms. The van der Waals surface area contributed by atoms with Crippen LogP contribution in [0.1, 0.15) is 0 Å². The smallest absolute Gasteiger partial charge is 0.213 e. The molecular formula is C11H10N4O4S. The Morgan fingerprint density at radius 3 is 3.05 bits per heavy atom. The molecule has 0 spiro atoms. The van der Waals surface area contributed by atoms with Gasteiger partial charge in [0.2, 0.25) is 1.41 Å². The lowest BCUT2D eigenvalue weighted by Crippen LogP contribution is -1.83. The molecule has 0 bridgehead atoms. The molecule has 2 rings (SSSR count). The van der Waals surface area contributed by atoms with Crippen LogP contribution < -0.4 is 0 Å². The molecule has 0 fully saturated rings. The third-order valence-corrected chi connectivity index (χ3v) is 3.03. The average molecular weight is 295 g/mol. The van der Waals surface area contributed by atoms with Gasteiger partial charge in [0.05, 0.1) is 16.9 Å². The highest BCUT2D eigenvalue weighted by Crippen LogP contribution is 2.43. The monoisotopic (exact) mass is 295 g/mol. The van der Waals surface area contributed by atoms with Gasteiger partial charge in [0, 0.05) is 5.39 Å². The maximum Gasteiger partial charge on any atom is 0.213 e. The predicted octanol–water partition coefficient (Wildman–Crippen LogP) is 4.05. The molecule has 0 aliphatic rings. The fourth-order valence-electron chi connectivity index (χ4n) is 1.64. The number of aromatic hydroxyl groups is 1. The number of phenolic OH excluding ortho intramolecular Hbond substituents is 1. The van der Waals surface area contributed by atoms with Gasteiger partial charge in [0.1, 0.15) is 5.69 Å². The van der Waals surface area contributed by atoms with Gasteiger partial charge in [-0.25, -0.2) is 10.8 Å². The van der Waals surface area contributed by atoms with Crippen molar-refractivity contribution < 1.29 is 21.1 Å². The quantitative estimate of drug-likeness (QED) is 0.321. The van der Waals surface area contributed by atoms with E-state index in [1.807, 2.05) is 6.07 Å². The van der Waals surface area contributed by atoms with Crippen molar-refractivity contribution in [3.8, 4) is 5.75 Å². The summed E-state index contributed by atoms with van der Waals surface area (Å²) < 4.78 is 10.9. The van der Waals surface area contributed by atoms with E-state index in [1.54, 1.807) is 24.3 Å². The number of phenols is 1. The first kappa shape index (κ1) is 12.9. The first-order valence-corrected chi connectivity index (χ1v) is 6.10. The van der Waals surface area contributed by atoms with Gasteiger partial charge in [-0.05, 0) is 11.5 Å². The zero-order valence-corrected chi connectivity index (χ0v) is 10.8. The van der Waals surface area contributed by atoms with Crippen LogP contribution in [0.4, 0.5) is 5.69 Å². The lowest BCUT2D eigenvalue weighted by atomic mass is 10.1. The highest BCUT2D eigenvalue weighted by atomic mass is 32.2. The van der Waals surface area contributed by atoms with E-state index in [0.29, 0.717) is 22.3 Å². The fourth-order valence-corrected chi connectivity index (χ4v) is 2.13. The van der Waals surface area contributed by atoms with Crippen molar-refractivity contribution in [3.63, 3.8) is 0 Å². The number of azo groups is 1. The molecule has 0 aliphatic carbocycles. The molecule has 0 amide bonds. The third-order valence-electron chi connectivity index (χ3n) is 2.41. The van der Waals surface area contributed by atoms with E-state index in [2.05, 4.69) is 30.2 Å². The van der Waals surface area contributed by atoms with Gasteiger partial charge in [-0.15, -0.1) is 9.45 Å². The Bertz CT molecular complexity index is 683. The van der Waals surface area contributed by atoms with E-state index in [9.17, 15) is 5.11 Å². The minimum absolute atomic E-state index is 0.0938. The molecule has 104 valence electrons. The van der Waals surface area contributed by atoms with E-state index in [1.165, 1.54) is 0 Å². The molecule has 0 saturated carbocycles. The van der Waals surface area contributed by atoms with E-state index < -0.39 is 0 Å². The molecule has 2 aromatic rings. The summed E-state index contributed by atoms with van der Waals surface area (Å²) in [5.74, 6) is -0.0938. The molecule has 0 unspecified atom stereocenters. The first-order valence-electron chi connectivity index (χ1n) is 5.80. The molecule has 20 heavy (non-hydrogen) atoms. The number of fused-ring (bicyclic) bond motifs is 1. The second kappa shape index (κ2) is 6.91. The van der Waals surface area contributed by atoms with Crippen LogP contribution >= 0.6 is 12.0 Å². The van der Waals surface area contributed by atoms with Crippen molar-refractivity contribution >= 4 is 28.5 Å². The van der Waals surface area contributed by atoms with Crippen LogP contribution in [-0.2, 0) is 9.37 Å². The summed E-state index contributed by atoms with van der Waals surface area (Å²) in [6.45, 7) is -0.142. The number of nitrogens with zero attached hydrogens (tertiary/aromatic N) is 3. The van der Waals surface area contributed by atoms with Gasteiger partial charge in [-0.2, -0.15) is 10.2 Å². The summed E-state index contributed by atoms with van der Waals surface area (Å²) in [6, 6.07) is 8.81. The Morgan fingerprint density at radius 2 is 2.25 bits per heavy atom. The number of hydrogen-bond donors (Lipinski definition) is 3. The zero-order chi connectivity index (χ0) is 15.1. The van der Waals surface area contributed by atoms with Crippen molar-refractivity contribution in [2.75, 3.05) is 6.67 Å². The van der Waals surface area contributed by atoms with Gasteiger partial charge < -0.3 is 5.11 Å². The summed E-state index contributed by atoms with van der Waals surface area (Å²) in [5, 5.41) is 34.2. The van der Waals surface area contributed by atoms with Crippen LogP contribution in [0.15, 0.2) is 50.6 Å². The predicted molar refractivity (Wildman–Crippen MR) is 70.8 cm³/mol. The third kappa shape index (κ3) is 3.08. The molecule has 0 radical (unpaired) electrons. The van der Waals surface area contributed by atoms with Crippen LogP contribution in [0.5, 0.6) is 5.75 Å². The Morgan fingerprint density at radius 1 is 1.40 bits per heavy atom. The molecule has 0 aliphatic heterocycles. The van der Waals surface area contributed by atoms with E-state index in [0.717, 1.165) is 5.39 Å². The fraction of sp³-hybridized carbons (Fsp3) is 0.0909. The van der Waals surface area contributed by atoms with Crippen molar-refractivity contribution in [3.05, 3.63) is 30.3 Å².